The van der Waals surface area contributed by atoms with Crippen molar-refractivity contribution in [1.82, 2.24) is 15.0 Å². The molecule has 6 heteroatoms. The van der Waals surface area contributed by atoms with Crippen LogP contribution >= 0.6 is 11.6 Å². The van der Waals surface area contributed by atoms with Gasteiger partial charge in [0.2, 0.25) is 5.88 Å². The van der Waals surface area contributed by atoms with Gasteiger partial charge in [0.25, 0.3) is 0 Å². The van der Waals surface area contributed by atoms with Gasteiger partial charge in [-0.3, -0.25) is 0 Å². The molecule has 2 heterocycles. The minimum atomic E-state index is -0.502. The van der Waals surface area contributed by atoms with Gasteiger partial charge < -0.3 is 9.72 Å². The molecule has 0 aliphatic heterocycles. The van der Waals surface area contributed by atoms with E-state index in [9.17, 15) is 4.39 Å². The summed E-state index contributed by atoms with van der Waals surface area (Å²) >= 11 is 5.78. The molecule has 3 aromatic rings. The maximum absolute atomic E-state index is 14.0. The Balaban J connectivity index is 2.10. The highest BCUT2D eigenvalue weighted by Crippen LogP contribution is 2.27. The lowest BCUT2D eigenvalue weighted by molar-refractivity contribution is 0.328. The van der Waals surface area contributed by atoms with Crippen molar-refractivity contribution in [3.8, 4) is 17.3 Å². The van der Waals surface area contributed by atoms with Gasteiger partial charge in [0.15, 0.2) is 11.5 Å². The molecule has 1 N–H and O–H groups in total. The third kappa shape index (κ3) is 2.20. The maximum atomic E-state index is 14.0. The van der Waals surface area contributed by atoms with E-state index in [1.807, 2.05) is 6.92 Å². The molecule has 4 nitrogen and oxygen atoms in total. The first-order chi connectivity index (χ1) is 9.69. The van der Waals surface area contributed by atoms with Crippen molar-refractivity contribution in [3.05, 3.63) is 41.2 Å². The minimum absolute atomic E-state index is 0.0610. The third-order valence-corrected chi connectivity index (χ3v) is 3.11. The summed E-state index contributed by atoms with van der Waals surface area (Å²) in [6.45, 7) is 2.40. The monoisotopic (exact) mass is 291 g/mol. The van der Waals surface area contributed by atoms with E-state index >= 15 is 0 Å². The summed E-state index contributed by atoms with van der Waals surface area (Å²) < 4.78 is 19.3. The second kappa shape index (κ2) is 5.09. The predicted molar refractivity (Wildman–Crippen MR) is 75.5 cm³/mol. The number of fused-ring (bicyclic) bond motifs is 1. The highest BCUT2D eigenvalue weighted by Gasteiger charge is 2.13. The number of nitrogens with one attached hydrogen (secondary N) is 1. The number of nitrogens with zero attached hydrogens (tertiary/aromatic N) is 2. The van der Waals surface area contributed by atoms with Gasteiger partial charge in [0.05, 0.1) is 22.7 Å². The lowest BCUT2D eigenvalue weighted by Crippen LogP contribution is -1.93. The van der Waals surface area contributed by atoms with Gasteiger partial charge in [-0.2, -0.15) is 4.98 Å². The van der Waals surface area contributed by atoms with E-state index < -0.39 is 5.82 Å². The number of hydrogen-bond donors (Lipinski definition) is 1. The Bertz CT molecular complexity index is 772. The zero-order valence-corrected chi connectivity index (χ0v) is 11.4. The van der Waals surface area contributed by atoms with Crippen molar-refractivity contribution in [1.29, 1.82) is 0 Å². The Kier molecular flexibility index (Phi) is 3.28. The van der Waals surface area contributed by atoms with Crippen LogP contribution in [0.1, 0.15) is 6.92 Å². The van der Waals surface area contributed by atoms with Crippen LogP contribution in [0.5, 0.6) is 5.88 Å². The molecule has 102 valence electrons. The molecule has 0 saturated carbocycles. The summed E-state index contributed by atoms with van der Waals surface area (Å²) in [6.07, 6.45) is 0. The first-order valence-corrected chi connectivity index (χ1v) is 6.50. The molecule has 2 aromatic heterocycles. The van der Waals surface area contributed by atoms with Crippen LogP contribution in [0.15, 0.2) is 30.3 Å². The van der Waals surface area contributed by atoms with Gasteiger partial charge in [-0.05, 0) is 25.1 Å². The van der Waals surface area contributed by atoms with E-state index in [4.69, 9.17) is 16.3 Å². The zero-order chi connectivity index (χ0) is 14.1. The van der Waals surface area contributed by atoms with Crippen molar-refractivity contribution >= 4 is 22.8 Å². The Morgan fingerprint density at radius 3 is 2.90 bits per heavy atom. The Morgan fingerprint density at radius 1 is 1.25 bits per heavy atom. The number of ether oxygens (including phenoxy) is 1. The van der Waals surface area contributed by atoms with Crippen LogP contribution < -0.4 is 4.74 Å². The average Bonchev–Trinajstić information content (AvgIpc) is 2.85. The van der Waals surface area contributed by atoms with Gasteiger partial charge in [-0.25, -0.2) is 9.37 Å². The van der Waals surface area contributed by atoms with E-state index in [1.165, 1.54) is 6.07 Å². The summed E-state index contributed by atoms with van der Waals surface area (Å²) in [5, 5.41) is 0.0610. The summed E-state index contributed by atoms with van der Waals surface area (Å²) in [5.74, 6) is 0.379. The van der Waals surface area contributed by atoms with E-state index in [2.05, 4.69) is 15.0 Å². The SMILES string of the molecule is CCOc1ccc2[nH]c(-c3cccc(Cl)c3F)nc2n1. The zero-order valence-electron chi connectivity index (χ0n) is 10.7. The molecule has 20 heavy (non-hydrogen) atoms. The quantitative estimate of drug-likeness (QED) is 0.798. The molecule has 3 rings (SSSR count). The molecule has 0 aliphatic carbocycles. The van der Waals surface area contributed by atoms with Gasteiger partial charge in [0, 0.05) is 6.07 Å². The molecule has 0 aliphatic rings. The van der Waals surface area contributed by atoms with Crippen LogP contribution in [0.2, 0.25) is 5.02 Å². The molecular weight excluding hydrogens is 281 g/mol. The highest BCUT2D eigenvalue weighted by molar-refractivity contribution is 6.31. The maximum Gasteiger partial charge on any atom is 0.215 e. The van der Waals surface area contributed by atoms with Gasteiger partial charge in [-0.1, -0.05) is 17.7 Å². The molecule has 0 saturated heterocycles. The van der Waals surface area contributed by atoms with Crippen LogP contribution in [0, 0.1) is 5.82 Å². The van der Waals surface area contributed by atoms with Crippen molar-refractivity contribution in [2.75, 3.05) is 6.61 Å². The standard InChI is InChI=1S/C14H11ClFN3O/c1-2-20-11-7-6-10-14(18-11)19-13(17-10)8-4-3-5-9(15)12(8)16/h3-7H,2H2,1H3,(H,17,18,19). The molecule has 0 amide bonds. The largest absolute Gasteiger partial charge is 0.478 e. The number of aromatic nitrogens is 3. The van der Waals surface area contributed by atoms with Crippen LogP contribution in [-0.2, 0) is 0 Å². The molecular formula is C14H11ClFN3O. The summed E-state index contributed by atoms with van der Waals surface area (Å²) in [7, 11) is 0. The number of halogens is 2. The second-order valence-corrected chi connectivity index (χ2v) is 4.55. The summed E-state index contributed by atoms with van der Waals surface area (Å²) in [6, 6.07) is 8.32. The molecule has 1 aromatic carbocycles. The van der Waals surface area contributed by atoms with Crippen molar-refractivity contribution in [2.24, 2.45) is 0 Å². The number of aromatic amines is 1. The molecule has 0 radical (unpaired) electrons. The lowest BCUT2D eigenvalue weighted by Gasteiger charge is -1.99. The fourth-order valence-electron chi connectivity index (χ4n) is 1.92. The van der Waals surface area contributed by atoms with E-state index in [0.29, 0.717) is 35.0 Å². The van der Waals surface area contributed by atoms with E-state index in [1.54, 1.807) is 24.3 Å². The fourth-order valence-corrected chi connectivity index (χ4v) is 2.09. The Morgan fingerprint density at radius 2 is 2.10 bits per heavy atom. The predicted octanol–water partition coefficient (Wildman–Crippen LogP) is 3.82. The highest BCUT2D eigenvalue weighted by atomic mass is 35.5. The van der Waals surface area contributed by atoms with Crippen molar-refractivity contribution in [2.45, 2.75) is 6.92 Å². The first-order valence-electron chi connectivity index (χ1n) is 6.13. The topological polar surface area (TPSA) is 50.8 Å². The number of benzene rings is 1. The molecule has 0 bridgehead atoms. The fraction of sp³-hybridized carbons (Fsp3) is 0.143. The summed E-state index contributed by atoms with van der Waals surface area (Å²) in [5.41, 5.74) is 1.50. The first kappa shape index (κ1) is 12.9. The van der Waals surface area contributed by atoms with Gasteiger partial charge >= 0.3 is 0 Å². The third-order valence-electron chi connectivity index (χ3n) is 2.82. The Hall–Kier alpha value is -2.14. The molecule has 0 atom stereocenters. The molecule has 0 spiro atoms. The van der Waals surface area contributed by atoms with Crippen molar-refractivity contribution in [3.63, 3.8) is 0 Å². The second-order valence-electron chi connectivity index (χ2n) is 4.14. The van der Waals surface area contributed by atoms with Gasteiger partial charge in [-0.15, -0.1) is 0 Å². The Labute approximate surface area is 119 Å². The van der Waals surface area contributed by atoms with E-state index in [-0.39, 0.29) is 5.02 Å². The van der Waals surface area contributed by atoms with Crippen molar-refractivity contribution < 1.29 is 9.13 Å². The number of imidazole rings is 1. The lowest BCUT2D eigenvalue weighted by atomic mass is 10.2. The van der Waals surface area contributed by atoms with Crippen LogP contribution in [-0.4, -0.2) is 21.6 Å². The molecule has 0 fully saturated rings. The van der Waals surface area contributed by atoms with Crippen LogP contribution in [0.25, 0.3) is 22.6 Å². The van der Waals surface area contributed by atoms with Crippen LogP contribution in [0.3, 0.4) is 0 Å². The normalized spacial score (nSPS) is 10.9. The summed E-state index contributed by atoms with van der Waals surface area (Å²) in [4.78, 5) is 11.5. The van der Waals surface area contributed by atoms with Gasteiger partial charge in [0.1, 0.15) is 5.82 Å². The van der Waals surface area contributed by atoms with Crippen LogP contribution in [0.4, 0.5) is 4.39 Å². The average molecular weight is 292 g/mol. The number of pyridine rings is 1. The minimum Gasteiger partial charge on any atom is -0.478 e. The smallest absolute Gasteiger partial charge is 0.215 e. The van der Waals surface area contributed by atoms with E-state index in [0.717, 1.165) is 0 Å². The number of H-pyrrole nitrogens is 1. The number of hydrogen-bond acceptors (Lipinski definition) is 3. The molecule has 0 unspecified atom stereocenters. The number of rotatable bonds is 3.